The number of rotatable bonds is 0. The van der Waals surface area contributed by atoms with E-state index in [1.807, 2.05) is 0 Å². The van der Waals surface area contributed by atoms with E-state index < -0.39 is 0 Å². The van der Waals surface area contributed by atoms with Gasteiger partial charge >= 0.3 is 0 Å². The van der Waals surface area contributed by atoms with Gasteiger partial charge in [-0.3, -0.25) is 9.69 Å². The minimum atomic E-state index is -0.178. The van der Waals surface area contributed by atoms with E-state index >= 15 is 0 Å². The fourth-order valence-corrected chi connectivity index (χ4v) is 4.70. The minimum absolute atomic E-state index is 0.0753. The van der Waals surface area contributed by atoms with Crippen molar-refractivity contribution in [2.75, 3.05) is 7.05 Å². The highest BCUT2D eigenvalue weighted by Crippen LogP contribution is 2.42. The van der Waals surface area contributed by atoms with E-state index in [0.717, 1.165) is 5.52 Å². The van der Waals surface area contributed by atoms with Gasteiger partial charge in [-0.1, -0.05) is 30.3 Å². The van der Waals surface area contributed by atoms with Gasteiger partial charge in [0.2, 0.25) is 0 Å². The van der Waals surface area contributed by atoms with E-state index in [1.165, 1.54) is 27.4 Å². The summed E-state index contributed by atoms with van der Waals surface area (Å²) in [6.45, 7) is 2.13. The molecular formula is C19H17N3OS. The van der Waals surface area contributed by atoms with E-state index in [0.29, 0.717) is 11.5 Å². The predicted molar refractivity (Wildman–Crippen MR) is 98.9 cm³/mol. The number of likely N-dealkylation sites (N-methyl/N-ethyl adjacent to an activating group) is 1. The Hall–Kier alpha value is -2.40. The highest BCUT2D eigenvalue weighted by Gasteiger charge is 2.47. The Kier molecular flexibility index (Phi) is 2.66. The quantitative estimate of drug-likeness (QED) is 0.640. The molecule has 0 aliphatic carbocycles. The van der Waals surface area contributed by atoms with E-state index in [1.54, 1.807) is 11.9 Å². The van der Waals surface area contributed by atoms with Gasteiger partial charge in [-0.05, 0) is 41.5 Å². The first-order valence-corrected chi connectivity index (χ1v) is 8.61. The molecular weight excluding hydrogens is 318 g/mol. The van der Waals surface area contributed by atoms with Crippen LogP contribution in [0.1, 0.15) is 24.2 Å². The maximum absolute atomic E-state index is 12.6. The molecule has 0 saturated carbocycles. The van der Waals surface area contributed by atoms with Crippen molar-refractivity contribution in [3.05, 3.63) is 47.7 Å². The number of fused-ring (bicyclic) bond motifs is 6. The van der Waals surface area contributed by atoms with Gasteiger partial charge in [0.25, 0.3) is 5.91 Å². The summed E-state index contributed by atoms with van der Waals surface area (Å²) in [5.41, 5.74) is 3.59. The van der Waals surface area contributed by atoms with Crippen LogP contribution in [0.3, 0.4) is 0 Å². The summed E-state index contributed by atoms with van der Waals surface area (Å²) in [7, 11) is 1.78. The van der Waals surface area contributed by atoms with Gasteiger partial charge in [-0.2, -0.15) is 0 Å². The summed E-state index contributed by atoms with van der Waals surface area (Å²) < 4.78 is 0. The van der Waals surface area contributed by atoms with Gasteiger partial charge in [0.05, 0.1) is 6.04 Å². The molecule has 24 heavy (non-hydrogen) atoms. The molecule has 1 N–H and O–H groups in total. The lowest BCUT2D eigenvalue weighted by molar-refractivity contribution is -0.127. The van der Waals surface area contributed by atoms with E-state index in [-0.39, 0.29) is 18.0 Å². The third kappa shape index (κ3) is 1.58. The molecule has 2 atom stereocenters. The Bertz CT molecular complexity index is 1040. The number of nitrogens with zero attached hydrogens (tertiary/aromatic N) is 2. The van der Waals surface area contributed by atoms with Gasteiger partial charge in [0.1, 0.15) is 6.04 Å². The summed E-state index contributed by atoms with van der Waals surface area (Å²) in [5, 5.41) is 4.36. The Balaban J connectivity index is 1.80. The first kappa shape index (κ1) is 14.0. The second-order valence-corrected chi connectivity index (χ2v) is 7.07. The minimum Gasteiger partial charge on any atom is -0.356 e. The SMILES string of the molecule is C[C@H]1c2[nH]c3ccc4ccccc4c3c2C[C@@H]2C(=O)N(C)C(=S)N21. The van der Waals surface area contributed by atoms with Gasteiger partial charge in [-0.15, -0.1) is 0 Å². The lowest BCUT2D eigenvalue weighted by Crippen LogP contribution is -2.42. The average Bonchev–Trinajstić information content (AvgIpc) is 3.08. The molecule has 2 aliphatic rings. The van der Waals surface area contributed by atoms with Gasteiger partial charge in [0.15, 0.2) is 5.11 Å². The topological polar surface area (TPSA) is 39.3 Å². The monoisotopic (exact) mass is 335 g/mol. The van der Waals surface area contributed by atoms with Crippen LogP contribution in [-0.4, -0.2) is 38.9 Å². The number of thiocarbonyl (C=S) groups is 1. The molecule has 1 fully saturated rings. The molecule has 1 saturated heterocycles. The lowest BCUT2D eigenvalue weighted by Gasteiger charge is -2.34. The number of nitrogens with one attached hydrogen (secondary N) is 1. The zero-order valence-corrected chi connectivity index (χ0v) is 14.4. The fraction of sp³-hybridized carbons (Fsp3) is 0.263. The Morgan fingerprint density at radius 1 is 1.21 bits per heavy atom. The third-order valence-electron chi connectivity index (χ3n) is 5.52. The number of amides is 1. The molecule has 2 aliphatic heterocycles. The maximum atomic E-state index is 12.6. The third-order valence-corrected chi connectivity index (χ3v) is 6.00. The highest BCUT2D eigenvalue weighted by molar-refractivity contribution is 7.80. The zero-order valence-electron chi connectivity index (χ0n) is 13.5. The predicted octanol–water partition coefficient (Wildman–Crippen LogP) is 3.37. The maximum Gasteiger partial charge on any atom is 0.251 e. The average molecular weight is 335 g/mol. The highest BCUT2D eigenvalue weighted by atomic mass is 32.1. The Labute approximate surface area is 145 Å². The molecule has 1 aromatic heterocycles. The van der Waals surface area contributed by atoms with Gasteiger partial charge < -0.3 is 9.88 Å². The molecule has 0 bridgehead atoms. The number of H-pyrrole nitrogens is 1. The molecule has 5 heteroatoms. The Morgan fingerprint density at radius 3 is 2.83 bits per heavy atom. The molecule has 2 aromatic carbocycles. The van der Waals surface area contributed by atoms with Crippen molar-refractivity contribution in [3.63, 3.8) is 0 Å². The standard InChI is InChI=1S/C19H17N3OS/c1-10-17-13(9-15-18(23)21(2)19(24)22(10)15)16-12-6-4-3-5-11(12)7-8-14(16)20-17/h3-8,10,15,20H,9H2,1-2H3/t10-,15+/m0/s1. The second-order valence-electron chi connectivity index (χ2n) is 6.71. The molecule has 120 valence electrons. The van der Waals surface area contributed by atoms with Crippen LogP contribution in [0.2, 0.25) is 0 Å². The molecule has 5 rings (SSSR count). The number of hydrogen-bond donors (Lipinski definition) is 1. The number of aromatic amines is 1. The van der Waals surface area contributed by atoms with Crippen LogP contribution >= 0.6 is 12.2 Å². The van der Waals surface area contributed by atoms with Crippen molar-refractivity contribution in [1.29, 1.82) is 0 Å². The van der Waals surface area contributed by atoms with Gasteiger partial charge in [-0.25, -0.2) is 0 Å². The summed E-state index contributed by atoms with van der Waals surface area (Å²) in [4.78, 5) is 19.9. The van der Waals surface area contributed by atoms with Crippen molar-refractivity contribution < 1.29 is 4.79 Å². The largest absolute Gasteiger partial charge is 0.356 e. The lowest BCUT2D eigenvalue weighted by atomic mass is 9.91. The second kappa shape index (κ2) is 4.57. The van der Waals surface area contributed by atoms with Crippen LogP contribution in [0.25, 0.3) is 21.7 Å². The van der Waals surface area contributed by atoms with Crippen LogP contribution in [0.5, 0.6) is 0 Å². The van der Waals surface area contributed by atoms with Crippen LogP contribution < -0.4 is 0 Å². The molecule has 0 spiro atoms. The first-order chi connectivity index (χ1) is 11.6. The fourth-order valence-electron chi connectivity index (χ4n) is 4.32. The van der Waals surface area contributed by atoms with E-state index in [4.69, 9.17) is 12.2 Å². The summed E-state index contributed by atoms with van der Waals surface area (Å²) >= 11 is 5.50. The van der Waals surface area contributed by atoms with E-state index in [2.05, 4.69) is 53.2 Å². The van der Waals surface area contributed by atoms with E-state index in [9.17, 15) is 4.79 Å². The number of carbonyl (C=O) groups is 1. The summed E-state index contributed by atoms with van der Waals surface area (Å²) in [6, 6.07) is 12.6. The summed E-state index contributed by atoms with van der Waals surface area (Å²) in [6.07, 6.45) is 0.705. The van der Waals surface area contributed by atoms with Crippen molar-refractivity contribution in [2.24, 2.45) is 0 Å². The number of benzene rings is 2. The van der Waals surface area contributed by atoms with Crippen molar-refractivity contribution >= 4 is 44.9 Å². The zero-order chi connectivity index (χ0) is 16.6. The smallest absolute Gasteiger partial charge is 0.251 e. The van der Waals surface area contributed by atoms with Crippen LogP contribution in [-0.2, 0) is 11.2 Å². The molecule has 3 heterocycles. The molecule has 1 amide bonds. The molecule has 4 nitrogen and oxygen atoms in total. The van der Waals surface area contributed by atoms with Crippen molar-refractivity contribution in [3.8, 4) is 0 Å². The van der Waals surface area contributed by atoms with Crippen LogP contribution in [0.4, 0.5) is 0 Å². The number of aromatic nitrogens is 1. The molecule has 0 unspecified atom stereocenters. The van der Waals surface area contributed by atoms with Crippen LogP contribution in [0, 0.1) is 0 Å². The number of carbonyl (C=O) groups excluding carboxylic acids is 1. The van der Waals surface area contributed by atoms with Crippen molar-refractivity contribution in [2.45, 2.75) is 25.4 Å². The Morgan fingerprint density at radius 2 is 2.00 bits per heavy atom. The van der Waals surface area contributed by atoms with Gasteiger partial charge in [0, 0.05) is 30.1 Å². The van der Waals surface area contributed by atoms with Crippen LogP contribution in [0.15, 0.2) is 36.4 Å². The normalized spacial score (nSPS) is 23.2. The van der Waals surface area contributed by atoms with Crippen molar-refractivity contribution in [1.82, 2.24) is 14.8 Å². The molecule has 0 radical (unpaired) electrons. The number of hydrogen-bond acceptors (Lipinski definition) is 2. The first-order valence-electron chi connectivity index (χ1n) is 8.20. The summed E-state index contributed by atoms with van der Waals surface area (Å²) in [5.74, 6) is 0.104. The molecule has 3 aromatic rings.